The third-order valence-corrected chi connectivity index (χ3v) is 5.93. The molecule has 0 saturated heterocycles. The average molecular weight is 396 g/mol. The number of phenols is 1. The van der Waals surface area contributed by atoms with Gasteiger partial charge in [0.2, 0.25) is 0 Å². The number of carboxylic acids is 1. The third-order valence-electron chi connectivity index (χ3n) is 5.93. The van der Waals surface area contributed by atoms with Crippen molar-refractivity contribution >= 4 is 33.7 Å². The van der Waals surface area contributed by atoms with E-state index >= 15 is 0 Å². The number of fused-ring (bicyclic) bond motifs is 5. The third kappa shape index (κ3) is 3.12. The Morgan fingerprint density at radius 1 is 1.21 bits per heavy atom. The second-order valence-electron chi connectivity index (χ2n) is 8.42. The lowest BCUT2D eigenvalue weighted by Gasteiger charge is -2.33. The molecule has 0 unspecified atom stereocenters. The molecule has 1 heterocycles. The van der Waals surface area contributed by atoms with E-state index in [1.54, 1.807) is 6.26 Å². The minimum absolute atomic E-state index is 0.0317. The van der Waals surface area contributed by atoms with Crippen LogP contribution in [0.4, 0.5) is 0 Å². The van der Waals surface area contributed by atoms with Crippen molar-refractivity contribution in [1.29, 1.82) is 0 Å². The minimum Gasteiger partial charge on any atom is -0.504 e. The van der Waals surface area contributed by atoms with Crippen molar-refractivity contribution in [3.63, 3.8) is 0 Å². The number of hydrogen-bond acceptors (Lipinski definition) is 5. The number of ether oxygens (including phenoxy) is 1. The number of hydrogen-bond donors (Lipinski definition) is 2. The maximum atomic E-state index is 12.3. The molecule has 1 aliphatic carbocycles. The van der Waals surface area contributed by atoms with E-state index in [-0.39, 0.29) is 29.8 Å². The highest BCUT2D eigenvalue weighted by Gasteiger charge is 2.32. The van der Waals surface area contributed by atoms with Crippen molar-refractivity contribution in [2.45, 2.75) is 58.3 Å². The number of benzene rings is 2. The van der Waals surface area contributed by atoms with E-state index in [1.165, 1.54) is 5.56 Å². The zero-order valence-electron chi connectivity index (χ0n) is 16.8. The molecular weight excluding hydrogens is 372 g/mol. The molecule has 29 heavy (non-hydrogen) atoms. The van der Waals surface area contributed by atoms with E-state index in [4.69, 9.17) is 14.3 Å². The fourth-order valence-corrected chi connectivity index (χ4v) is 4.47. The first-order chi connectivity index (χ1) is 13.7. The summed E-state index contributed by atoms with van der Waals surface area (Å²) in [7, 11) is 0. The van der Waals surface area contributed by atoms with Gasteiger partial charge in [0.15, 0.2) is 11.5 Å². The molecule has 6 nitrogen and oxygen atoms in total. The van der Waals surface area contributed by atoms with Crippen LogP contribution in [-0.4, -0.2) is 22.2 Å². The van der Waals surface area contributed by atoms with Gasteiger partial charge in [-0.3, -0.25) is 9.59 Å². The first kappa shape index (κ1) is 19.3. The SMILES string of the molecule is Cc1coc2c1c(O)c(OC(=O)CCC(=O)O)c1c3c(ccc12)C(C)(C)CCC3. The smallest absolute Gasteiger partial charge is 0.311 e. The molecule has 0 saturated carbocycles. The van der Waals surface area contributed by atoms with E-state index in [1.807, 2.05) is 13.0 Å². The van der Waals surface area contributed by atoms with Gasteiger partial charge in [-0.1, -0.05) is 26.0 Å². The second-order valence-corrected chi connectivity index (χ2v) is 8.42. The molecular formula is C23H24O6. The standard InChI is InChI=1S/C23H24O6/c1-12-11-28-21-14-6-7-15-13(5-4-10-23(15,2)3)19(14)22(20(27)18(12)21)29-17(26)9-8-16(24)25/h6-7,11,27H,4-5,8-10H2,1-3H3,(H,24,25). The van der Waals surface area contributed by atoms with Crippen molar-refractivity contribution in [3.8, 4) is 11.5 Å². The highest BCUT2D eigenvalue weighted by molar-refractivity contribution is 6.14. The molecule has 0 radical (unpaired) electrons. The summed E-state index contributed by atoms with van der Waals surface area (Å²) in [6.45, 7) is 6.19. The van der Waals surface area contributed by atoms with Crippen molar-refractivity contribution in [1.82, 2.24) is 0 Å². The van der Waals surface area contributed by atoms with Crippen LogP contribution >= 0.6 is 0 Å². The van der Waals surface area contributed by atoms with Gasteiger partial charge in [0.05, 0.1) is 24.5 Å². The molecule has 1 aromatic heterocycles. The summed E-state index contributed by atoms with van der Waals surface area (Å²) in [6.07, 6.45) is 3.83. The van der Waals surface area contributed by atoms with Gasteiger partial charge in [0.25, 0.3) is 0 Å². The van der Waals surface area contributed by atoms with Gasteiger partial charge >= 0.3 is 11.9 Å². The van der Waals surface area contributed by atoms with Crippen molar-refractivity contribution < 1.29 is 29.0 Å². The lowest BCUT2D eigenvalue weighted by molar-refractivity contribution is -0.142. The maximum Gasteiger partial charge on any atom is 0.311 e. The summed E-state index contributed by atoms with van der Waals surface area (Å²) in [6, 6.07) is 4.06. The predicted molar refractivity (Wildman–Crippen MR) is 109 cm³/mol. The number of aryl methyl sites for hydroxylation is 2. The Morgan fingerprint density at radius 2 is 1.97 bits per heavy atom. The summed E-state index contributed by atoms with van der Waals surface area (Å²) in [5.41, 5.74) is 3.48. The Morgan fingerprint density at radius 3 is 2.69 bits per heavy atom. The fourth-order valence-electron chi connectivity index (χ4n) is 4.47. The second kappa shape index (κ2) is 6.79. The predicted octanol–water partition coefficient (Wildman–Crippen LogP) is 4.98. The molecule has 2 aromatic carbocycles. The number of phenolic OH excluding ortho intramolecular Hbond substituents is 1. The molecule has 1 aliphatic rings. The number of furan rings is 1. The Labute approximate surface area is 168 Å². The fraction of sp³-hybridized carbons (Fsp3) is 0.391. The zero-order chi connectivity index (χ0) is 20.9. The number of carbonyl (C=O) groups excluding carboxylic acids is 1. The monoisotopic (exact) mass is 396 g/mol. The van der Waals surface area contributed by atoms with Crippen molar-refractivity contribution in [2.75, 3.05) is 0 Å². The van der Waals surface area contributed by atoms with Gasteiger partial charge in [0.1, 0.15) is 5.58 Å². The molecule has 0 fully saturated rings. The van der Waals surface area contributed by atoms with E-state index in [0.29, 0.717) is 16.4 Å². The topological polar surface area (TPSA) is 97.0 Å². The maximum absolute atomic E-state index is 12.3. The van der Waals surface area contributed by atoms with Gasteiger partial charge in [0, 0.05) is 10.8 Å². The van der Waals surface area contributed by atoms with Crippen LogP contribution in [0.2, 0.25) is 0 Å². The molecule has 2 N–H and O–H groups in total. The van der Waals surface area contributed by atoms with Gasteiger partial charge < -0.3 is 19.4 Å². The van der Waals surface area contributed by atoms with Crippen LogP contribution in [0, 0.1) is 6.92 Å². The molecule has 0 spiro atoms. The summed E-state index contributed by atoms with van der Waals surface area (Å²) in [4.78, 5) is 23.2. The first-order valence-corrected chi connectivity index (χ1v) is 9.82. The molecule has 0 amide bonds. The molecule has 3 aromatic rings. The molecule has 4 rings (SSSR count). The number of carboxylic acid groups (broad SMARTS) is 1. The number of rotatable bonds is 4. The lowest BCUT2D eigenvalue weighted by atomic mass is 9.71. The number of carbonyl (C=O) groups is 2. The molecule has 152 valence electrons. The van der Waals surface area contributed by atoms with E-state index in [9.17, 15) is 14.7 Å². The molecule has 6 heteroatoms. The largest absolute Gasteiger partial charge is 0.504 e. The van der Waals surface area contributed by atoms with Gasteiger partial charge in [-0.2, -0.15) is 0 Å². The Balaban J connectivity index is 2.00. The average Bonchev–Trinajstić information content (AvgIpc) is 3.04. The highest BCUT2D eigenvalue weighted by Crippen LogP contribution is 2.50. The molecule has 0 atom stereocenters. The van der Waals surface area contributed by atoms with Crippen LogP contribution in [0.3, 0.4) is 0 Å². The van der Waals surface area contributed by atoms with Crippen molar-refractivity contribution in [3.05, 3.63) is 35.1 Å². The summed E-state index contributed by atoms with van der Waals surface area (Å²) >= 11 is 0. The zero-order valence-corrected chi connectivity index (χ0v) is 16.8. The van der Waals surface area contributed by atoms with Gasteiger partial charge in [-0.05, 0) is 48.3 Å². The number of aromatic hydroxyl groups is 1. The van der Waals surface area contributed by atoms with E-state index in [0.717, 1.165) is 35.8 Å². The van der Waals surface area contributed by atoms with Crippen LogP contribution in [0.25, 0.3) is 21.7 Å². The summed E-state index contributed by atoms with van der Waals surface area (Å²) < 4.78 is 11.3. The van der Waals surface area contributed by atoms with Gasteiger partial charge in [-0.25, -0.2) is 0 Å². The van der Waals surface area contributed by atoms with Crippen LogP contribution in [0.15, 0.2) is 22.8 Å². The van der Waals surface area contributed by atoms with Crippen LogP contribution in [0.1, 0.15) is 56.2 Å². The Bertz CT molecular complexity index is 1150. The number of aliphatic carboxylic acids is 1. The quantitative estimate of drug-likeness (QED) is 0.477. The van der Waals surface area contributed by atoms with Crippen molar-refractivity contribution in [2.24, 2.45) is 0 Å². The molecule has 0 aliphatic heterocycles. The first-order valence-electron chi connectivity index (χ1n) is 9.82. The van der Waals surface area contributed by atoms with Crippen LogP contribution < -0.4 is 4.74 Å². The van der Waals surface area contributed by atoms with Gasteiger partial charge in [-0.15, -0.1) is 0 Å². The van der Waals surface area contributed by atoms with Crippen LogP contribution in [-0.2, 0) is 21.4 Å². The van der Waals surface area contributed by atoms with Crippen LogP contribution in [0.5, 0.6) is 11.5 Å². The normalized spacial score (nSPS) is 15.4. The summed E-state index contributed by atoms with van der Waals surface area (Å²) in [5, 5.41) is 21.8. The van der Waals surface area contributed by atoms with E-state index in [2.05, 4.69) is 19.9 Å². The Hall–Kier alpha value is -3.02. The lowest BCUT2D eigenvalue weighted by Crippen LogP contribution is -2.24. The number of esters is 1. The minimum atomic E-state index is -1.07. The highest BCUT2D eigenvalue weighted by atomic mass is 16.5. The molecule has 0 bridgehead atoms. The Kier molecular flexibility index (Phi) is 4.52. The van der Waals surface area contributed by atoms with E-state index < -0.39 is 11.9 Å². The summed E-state index contributed by atoms with van der Waals surface area (Å²) in [5.74, 6) is -1.80.